The lowest BCUT2D eigenvalue weighted by Gasteiger charge is -2.13. The topological polar surface area (TPSA) is 64.0 Å². The number of thioether (sulfide) groups is 1. The summed E-state index contributed by atoms with van der Waals surface area (Å²) in [4.78, 5) is 32.7. The van der Waals surface area contributed by atoms with Crippen molar-refractivity contribution in [2.75, 3.05) is 11.1 Å². The summed E-state index contributed by atoms with van der Waals surface area (Å²) in [6, 6.07) is 4.12. The van der Waals surface area contributed by atoms with Gasteiger partial charge < -0.3 is 5.32 Å². The Kier molecular flexibility index (Phi) is 5.84. The predicted octanol–water partition coefficient (Wildman–Crippen LogP) is 4.79. The van der Waals surface area contributed by atoms with Crippen LogP contribution in [0.5, 0.6) is 0 Å². The van der Waals surface area contributed by atoms with Crippen molar-refractivity contribution in [1.29, 1.82) is 0 Å². The highest BCUT2D eigenvalue weighted by atomic mass is 32.2. The molecule has 2 heterocycles. The molecule has 1 N–H and O–H groups in total. The van der Waals surface area contributed by atoms with Crippen molar-refractivity contribution in [3.63, 3.8) is 0 Å². The van der Waals surface area contributed by atoms with Gasteiger partial charge in [-0.25, -0.2) is 4.98 Å². The maximum absolute atomic E-state index is 13.2. The average Bonchev–Trinajstić information content (AvgIpc) is 3.26. The van der Waals surface area contributed by atoms with Crippen molar-refractivity contribution >= 4 is 44.9 Å². The second-order valence-electron chi connectivity index (χ2n) is 7.75. The second-order valence-corrected chi connectivity index (χ2v) is 9.77. The molecule has 5 nitrogen and oxygen atoms in total. The van der Waals surface area contributed by atoms with Gasteiger partial charge in [-0.3, -0.25) is 14.2 Å². The number of carbonyl (C=O) groups excluding carboxylic acids is 1. The van der Waals surface area contributed by atoms with E-state index in [2.05, 4.69) is 24.0 Å². The number of hydrogen-bond donors (Lipinski definition) is 1. The largest absolute Gasteiger partial charge is 0.325 e. The first kappa shape index (κ1) is 20.9. The summed E-state index contributed by atoms with van der Waals surface area (Å²) >= 11 is 2.92. The summed E-state index contributed by atoms with van der Waals surface area (Å²) in [5.74, 6) is 0.0793. The van der Waals surface area contributed by atoms with Gasteiger partial charge in [0.15, 0.2) is 5.16 Å². The van der Waals surface area contributed by atoms with E-state index in [1.54, 1.807) is 22.0 Å². The molecule has 4 rings (SSSR count). The van der Waals surface area contributed by atoms with Crippen LogP contribution in [0.1, 0.15) is 33.6 Å². The number of allylic oxidation sites excluding steroid dienone is 1. The molecular formula is C23H25N3O2S2. The molecule has 0 saturated heterocycles. The van der Waals surface area contributed by atoms with E-state index in [1.807, 2.05) is 20.8 Å². The number of nitrogens with one attached hydrogen (secondary N) is 1. The molecule has 0 spiro atoms. The van der Waals surface area contributed by atoms with Crippen LogP contribution in [0.4, 0.5) is 5.69 Å². The first-order chi connectivity index (χ1) is 14.4. The minimum absolute atomic E-state index is 0.0209. The van der Waals surface area contributed by atoms with Crippen LogP contribution in [0.25, 0.3) is 10.2 Å². The molecule has 156 valence electrons. The van der Waals surface area contributed by atoms with Crippen LogP contribution in [0, 0.1) is 20.8 Å². The van der Waals surface area contributed by atoms with E-state index in [-0.39, 0.29) is 17.2 Å². The van der Waals surface area contributed by atoms with Gasteiger partial charge in [-0.2, -0.15) is 0 Å². The molecule has 30 heavy (non-hydrogen) atoms. The molecule has 1 aromatic carbocycles. The molecule has 0 aliphatic heterocycles. The zero-order valence-corrected chi connectivity index (χ0v) is 19.1. The summed E-state index contributed by atoms with van der Waals surface area (Å²) < 4.78 is 1.64. The molecule has 0 fully saturated rings. The summed E-state index contributed by atoms with van der Waals surface area (Å²) in [5, 5.41) is 4.35. The predicted molar refractivity (Wildman–Crippen MR) is 126 cm³/mol. The molecule has 2 aromatic heterocycles. The lowest BCUT2D eigenvalue weighted by atomic mass is 10.1. The second kappa shape index (κ2) is 8.40. The molecule has 1 aliphatic rings. The number of thiophene rings is 1. The first-order valence-electron chi connectivity index (χ1n) is 10.1. The minimum atomic E-state index is -0.108. The Hall–Kier alpha value is -2.38. The zero-order valence-electron chi connectivity index (χ0n) is 17.5. The molecule has 0 bridgehead atoms. The van der Waals surface area contributed by atoms with Crippen molar-refractivity contribution in [2.24, 2.45) is 0 Å². The number of nitrogens with zero attached hydrogens (tertiary/aromatic N) is 2. The molecule has 1 aliphatic carbocycles. The number of rotatable bonds is 6. The van der Waals surface area contributed by atoms with Gasteiger partial charge in [-0.15, -0.1) is 17.9 Å². The normalized spacial score (nSPS) is 12.9. The van der Waals surface area contributed by atoms with Crippen molar-refractivity contribution in [3.8, 4) is 0 Å². The molecule has 0 atom stereocenters. The Morgan fingerprint density at radius 1 is 1.30 bits per heavy atom. The lowest BCUT2D eigenvalue weighted by Crippen LogP contribution is -2.24. The molecule has 7 heteroatoms. The molecule has 3 aromatic rings. The lowest BCUT2D eigenvalue weighted by molar-refractivity contribution is -0.113. The van der Waals surface area contributed by atoms with E-state index in [0.29, 0.717) is 11.7 Å². The van der Waals surface area contributed by atoms with Gasteiger partial charge in [-0.1, -0.05) is 35.5 Å². The number of carbonyl (C=O) groups is 1. The minimum Gasteiger partial charge on any atom is -0.325 e. The fourth-order valence-electron chi connectivity index (χ4n) is 4.14. The number of fused-ring (bicyclic) bond motifs is 3. The monoisotopic (exact) mass is 439 g/mol. The fourth-order valence-corrected chi connectivity index (χ4v) is 6.25. The van der Waals surface area contributed by atoms with Crippen molar-refractivity contribution in [3.05, 3.63) is 62.3 Å². The van der Waals surface area contributed by atoms with Crippen molar-refractivity contribution in [2.45, 2.75) is 51.7 Å². The third kappa shape index (κ3) is 3.84. The molecule has 0 saturated carbocycles. The smallest absolute Gasteiger partial charge is 0.263 e. The highest BCUT2D eigenvalue weighted by Crippen LogP contribution is 2.35. The molecule has 0 radical (unpaired) electrons. The quantitative estimate of drug-likeness (QED) is 0.341. The van der Waals surface area contributed by atoms with Gasteiger partial charge in [0, 0.05) is 17.1 Å². The van der Waals surface area contributed by atoms with Crippen molar-refractivity contribution in [1.82, 2.24) is 9.55 Å². The number of amides is 1. The molecule has 0 unspecified atom stereocenters. The van der Waals surface area contributed by atoms with Crippen LogP contribution in [0.15, 0.2) is 34.7 Å². The number of anilines is 1. The van der Waals surface area contributed by atoms with Crippen LogP contribution >= 0.6 is 23.1 Å². The summed E-state index contributed by atoms with van der Waals surface area (Å²) in [6.07, 6.45) is 4.78. The van der Waals surface area contributed by atoms with Gasteiger partial charge in [0.05, 0.1) is 11.1 Å². The zero-order chi connectivity index (χ0) is 21.4. The summed E-state index contributed by atoms with van der Waals surface area (Å²) in [5.41, 5.74) is 5.26. The highest BCUT2D eigenvalue weighted by molar-refractivity contribution is 7.99. The molecule has 1 amide bonds. The van der Waals surface area contributed by atoms with E-state index in [4.69, 9.17) is 4.98 Å². The molecular weight excluding hydrogens is 414 g/mol. The van der Waals surface area contributed by atoms with Gasteiger partial charge in [-0.05, 0) is 56.7 Å². The maximum Gasteiger partial charge on any atom is 0.263 e. The average molecular weight is 440 g/mol. The third-order valence-corrected chi connectivity index (χ3v) is 7.54. The Morgan fingerprint density at radius 3 is 2.73 bits per heavy atom. The SMILES string of the molecule is C=CCn1c(SCC(=O)Nc2c(C)cc(C)cc2C)nc2sc3c(c2c1=O)CCC3. The maximum atomic E-state index is 13.2. The number of hydrogen-bond acceptors (Lipinski definition) is 5. The van der Waals surface area contributed by atoms with Gasteiger partial charge >= 0.3 is 0 Å². The van der Waals surface area contributed by atoms with Crippen LogP contribution < -0.4 is 10.9 Å². The Labute approximate surface area is 184 Å². The van der Waals surface area contributed by atoms with E-state index in [0.717, 1.165) is 46.3 Å². The Balaban J connectivity index is 1.59. The number of benzene rings is 1. The van der Waals surface area contributed by atoms with E-state index in [9.17, 15) is 9.59 Å². The van der Waals surface area contributed by atoms with Crippen LogP contribution in [0.2, 0.25) is 0 Å². The highest BCUT2D eigenvalue weighted by Gasteiger charge is 2.23. The van der Waals surface area contributed by atoms with E-state index >= 15 is 0 Å². The van der Waals surface area contributed by atoms with Gasteiger partial charge in [0.1, 0.15) is 4.83 Å². The van der Waals surface area contributed by atoms with Gasteiger partial charge in [0.2, 0.25) is 5.91 Å². The number of aromatic nitrogens is 2. The van der Waals surface area contributed by atoms with Crippen LogP contribution in [-0.2, 0) is 24.2 Å². The fraction of sp³-hybridized carbons (Fsp3) is 0.348. The van der Waals surface area contributed by atoms with Crippen molar-refractivity contribution < 1.29 is 4.79 Å². The van der Waals surface area contributed by atoms with Crippen LogP contribution in [0.3, 0.4) is 0 Å². The third-order valence-electron chi connectivity index (χ3n) is 5.38. The number of aryl methyl sites for hydroxylation is 5. The standard InChI is InChI=1S/C23H25N3O2S2/c1-5-9-26-22(28)19-16-7-6-8-17(16)30-21(19)25-23(26)29-12-18(27)24-20-14(3)10-13(2)11-15(20)4/h5,10-11H,1,6-9,12H2,2-4H3,(H,24,27). The summed E-state index contributed by atoms with van der Waals surface area (Å²) in [7, 11) is 0. The van der Waals surface area contributed by atoms with E-state index in [1.165, 1.54) is 27.8 Å². The Morgan fingerprint density at radius 2 is 2.03 bits per heavy atom. The van der Waals surface area contributed by atoms with Crippen LogP contribution in [-0.4, -0.2) is 21.2 Å². The van der Waals surface area contributed by atoms with E-state index < -0.39 is 0 Å². The Bertz CT molecular complexity index is 1200. The first-order valence-corrected chi connectivity index (χ1v) is 11.9. The summed E-state index contributed by atoms with van der Waals surface area (Å²) in [6.45, 7) is 10.2. The van der Waals surface area contributed by atoms with Gasteiger partial charge in [0.25, 0.3) is 5.56 Å².